The standard InChI is InChI=1S/C30H22O2S.C22H15NO2S.C8H18/c31-29-22-12-5-4-10-19(22)24-16-25(32-17-18-8-2-1-3-9-18)30-28-21(14-15-23(29)27(24)28)20-11-6-7-13-26(20)33-30;24-20-14-7-2-1-6-13(14)19-17-15(20)10-9-12-11-5-3-4-8-16(11)26-21(18(12)17)22(25)23-19;1-3-5-7-8-6-4-2/h1-16,19,22-23,30H,17H2;1-10,13-15,21H,(H,23,25);3-8H2,1-2H3. The Morgan fingerprint density at radius 1 is 0.537 bits per heavy atom. The van der Waals surface area contributed by atoms with E-state index in [-0.39, 0.29) is 57.7 Å². The van der Waals surface area contributed by atoms with E-state index in [1.54, 1.807) is 11.8 Å². The number of Topliss-reactive ketones (excluding diaryl/α,β-unsaturated/α-hetero) is 2. The van der Waals surface area contributed by atoms with Crippen LogP contribution in [-0.2, 0) is 25.7 Å². The summed E-state index contributed by atoms with van der Waals surface area (Å²) in [5.41, 5.74) is 12.7. The van der Waals surface area contributed by atoms with E-state index in [2.05, 4.69) is 110 Å². The van der Waals surface area contributed by atoms with Gasteiger partial charge in [0.1, 0.15) is 17.6 Å². The molecule has 5 nitrogen and oxygen atoms in total. The Hall–Kier alpha value is -5.89. The van der Waals surface area contributed by atoms with Gasteiger partial charge < -0.3 is 10.1 Å². The Balaban J connectivity index is 0.000000130. The second kappa shape index (κ2) is 18.7. The van der Waals surface area contributed by atoms with E-state index in [0.717, 1.165) is 44.2 Å². The number of unbranched alkanes of at least 4 members (excludes halogenated alkanes) is 5. The van der Waals surface area contributed by atoms with E-state index in [1.165, 1.54) is 71.3 Å². The first-order chi connectivity index (χ1) is 32.9. The fourth-order valence-electron chi connectivity index (χ4n) is 11.4. The summed E-state index contributed by atoms with van der Waals surface area (Å²) in [5.74, 6) is 0.872. The van der Waals surface area contributed by atoms with Crippen molar-refractivity contribution in [3.05, 3.63) is 214 Å². The molecule has 7 heteroatoms. The molecule has 8 unspecified atom stereocenters. The van der Waals surface area contributed by atoms with Crippen LogP contribution >= 0.6 is 23.5 Å². The molecule has 0 saturated carbocycles. The zero-order valence-corrected chi connectivity index (χ0v) is 39.7. The number of hydrogen-bond donors (Lipinski definition) is 1. The fraction of sp³-hybridized carbons (Fsp3) is 0.283. The summed E-state index contributed by atoms with van der Waals surface area (Å²) in [6.07, 6.45) is 35.4. The van der Waals surface area contributed by atoms with Crippen molar-refractivity contribution in [1.29, 1.82) is 0 Å². The van der Waals surface area contributed by atoms with Gasteiger partial charge in [-0.3, -0.25) is 14.4 Å². The number of nitrogens with one attached hydrogen (secondary N) is 1. The smallest absolute Gasteiger partial charge is 0.242 e. The van der Waals surface area contributed by atoms with Gasteiger partial charge in [0.05, 0.1) is 17.1 Å². The second-order valence-corrected chi connectivity index (χ2v) is 21.0. The molecule has 3 aromatic carbocycles. The number of thioether (sulfide) groups is 2. The summed E-state index contributed by atoms with van der Waals surface area (Å²) in [5, 5.41) is 2.96. The molecule has 10 aliphatic rings. The van der Waals surface area contributed by atoms with Crippen LogP contribution in [0.4, 0.5) is 0 Å². The molecule has 3 heterocycles. The normalized spacial score (nSPS) is 27.9. The summed E-state index contributed by atoms with van der Waals surface area (Å²) < 4.78 is 6.54. The van der Waals surface area contributed by atoms with Gasteiger partial charge in [0.15, 0.2) is 11.6 Å². The number of benzene rings is 3. The highest BCUT2D eigenvalue weighted by Crippen LogP contribution is 2.58. The number of rotatable bonds is 8. The molecular formula is C60H55NO4S2. The van der Waals surface area contributed by atoms with Crippen LogP contribution in [0, 0.1) is 35.5 Å². The quantitative estimate of drug-likeness (QED) is 0.227. The highest BCUT2D eigenvalue weighted by molar-refractivity contribution is 8.01. The maximum Gasteiger partial charge on any atom is 0.242 e. The first-order valence-electron chi connectivity index (χ1n) is 24.3. The Labute approximate surface area is 403 Å². The van der Waals surface area contributed by atoms with Gasteiger partial charge in [0.2, 0.25) is 5.91 Å². The highest BCUT2D eigenvalue weighted by Gasteiger charge is 2.51. The van der Waals surface area contributed by atoms with Crippen LogP contribution in [0.25, 0.3) is 11.1 Å². The lowest BCUT2D eigenvalue weighted by atomic mass is 9.62. The van der Waals surface area contributed by atoms with Gasteiger partial charge in [-0.15, -0.1) is 23.5 Å². The molecule has 3 aromatic rings. The molecule has 0 fully saturated rings. The lowest BCUT2D eigenvalue weighted by Gasteiger charge is -2.45. The van der Waals surface area contributed by atoms with Crippen LogP contribution in [0.3, 0.4) is 0 Å². The van der Waals surface area contributed by atoms with E-state index in [4.69, 9.17) is 4.74 Å². The number of fused-ring (bicyclic) bond motifs is 8. The summed E-state index contributed by atoms with van der Waals surface area (Å²) in [7, 11) is 0. The van der Waals surface area contributed by atoms with Crippen molar-refractivity contribution in [2.45, 2.75) is 79.3 Å². The van der Waals surface area contributed by atoms with Crippen LogP contribution in [0.2, 0.25) is 0 Å². The largest absolute Gasteiger partial charge is 0.492 e. The minimum atomic E-state index is -0.279. The number of carbonyl (C=O) groups excluding carboxylic acids is 3. The summed E-state index contributed by atoms with van der Waals surface area (Å²) >= 11 is 3.44. The van der Waals surface area contributed by atoms with Gasteiger partial charge in [0.25, 0.3) is 0 Å². The Kier molecular flexibility index (Phi) is 12.2. The molecular weight excluding hydrogens is 863 g/mol. The lowest BCUT2D eigenvalue weighted by Crippen LogP contribution is -2.50. The number of carbonyl (C=O) groups is 3. The summed E-state index contributed by atoms with van der Waals surface area (Å²) in [4.78, 5) is 42.1. The minimum Gasteiger partial charge on any atom is -0.492 e. The van der Waals surface area contributed by atoms with Gasteiger partial charge >= 0.3 is 0 Å². The third-order valence-electron chi connectivity index (χ3n) is 14.7. The predicted molar refractivity (Wildman–Crippen MR) is 272 cm³/mol. The second-order valence-electron chi connectivity index (χ2n) is 18.7. The number of amides is 1. The molecule has 3 aliphatic heterocycles. The molecule has 0 radical (unpaired) electrons. The predicted octanol–water partition coefficient (Wildman–Crippen LogP) is 13.2. The zero-order valence-electron chi connectivity index (χ0n) is 38.0. The van der Waals surface area contributed by atoms with Crippen molar-refractivity contribution in [1.82, 2.24) is 5.32 Å². The number of hydrogen-bond acceptors (Lipinski definition) is 6. The number of ether oxygens (including phenoxy) is 1. The molecule has 7 aliphatic carbocycles. The highest BCUT2D eigenvalue weighted by atomic mass is 32.2. The van der Waals surface area contributed by atoms with Crippen molar-refractivity contribution >= 4 is 52.1 Å². The van der Waals surface area contributed by atoms with Gasteiger partial charge in [-0.2, -0.15) is 0 Å². The average Bonchev–Trinajstić information content (AvgIpc) is 3.38. The van der Waals surface area contributed by atoms with Crippen LogP contribution in [0.15, 0.2) is 207 Å². The maximum atomic E-state index is 13.5. The fourth-order valence-corrected chi connectivity index (χ4v) is 14.0. The third kappa shape index (κ3) is 7.72. The van der Waals surface area contributed by atoms with Gasteiger partial charge in [0, 0.05) is 39.2 Å². The van der Waals surface area contributed by atoms with Crippen molar-refractivity contribution in [2.24, 2.45) is 35.5 Å². The van der Waals surface area contributed by atoms with Crippen molar-refractivity contribution < 1.29 is 19.1 Å². The SMILES string of the molecule is CCCCCCCC.O=C1C2C=CC3=C4C2=C(C=C(OCc2ccccc2)C4Sc2ccccc23)C2C=CC=CC12.O=C1NC2=C3C4=C(C=CC3C(=O)C3C=CC=CC23)c2ccccc2SC14. The average molecular weight is 918 g/mol. The van der Waals surface area contributed by atoms with Crippen LogP contribution in [0.1, 0.15) is 69.1 Å². The molecule has 0 bridgehead atoms. The molecule has 0 saturated heterocycles. The molecule has 13 rings (SSSR count). The van der Waals surface area contributed by atoms with Crippen LogP contribution in [-0.4, -0.2) is 28.0 Å². The van der Waals surface area contributed by atoms with Crippen LogP contribution < -0.4 is 5.32 Å². The van der Waals surface area contributed by atoms with E-state index < -0.39 is 0 Å². The van der Waals surface area contributed by atoms with Crippen LogP contribution in [0.5, 0.6) is 0 Å². The third-order valence-corrected chi connectivity index (χ3v) is 17.3. The molecule has 1 amide bonds. The molecule has 8 atom stereocenters. The van der Waals surface area contributed by atoms with Gasteiger partial charge in [-0.05, 0) is 73.9 Å². The number of allylic oxidation sites excluding steroid dienone is 18. The van der Waals surface area contributed by atoms with E-state index in [1.807, 2.05) is 78.5 Å². The Morgan fingerprint density at radius 3 is 1.69 bits per heavy atom. The van der Waals surface area contributed by atoms with Gasteiger partial charge in [-0.25, -0.2) is 0 Å². The Bertz CT molecular complexity index is 2910. The maximum absolute atomic E-state index is 13.5. The van der Waals surface area contributed by atoms with Gasteiger partial charge in [-0.1, -0.05) is 192 Å². The summed E-state index contributed by atoms with van der Waals surface area (Å²) in [6.45, 7) is 5.05. The zero-order chi connectivity index (χ0) is 45.6. The first-order valence-corrected chi connectivity index (χ1v) is 26.0. The topological polar surface area (TPSA) is 72.5 Å². The minimum absolute atomic E-state index is 0.0286. The Morgan fingerprint density at radius 2 is 1.06 bits per heavy atom. The first kappa shape index (κ1) is 43.7. The molecule has 1 N–H and O–H groups in total. The number of ketones is 2. The van der Waals surface area contributed by atoms with Crippen molar-refractivity contribution in [2.75, 3.05) is 0 Å². The van der Waals surface area contributed by atoms with Crippen molar-refractivity contribution in [3.63, 3.8) is 0 Å². The monoisotopic (exact) mass is 917 g/mol. The van der Waals surface area contributed by atoms with E-state index >= 15 is 0 Å². The molecule has 336 valence electrons. The van der Waals surface area contributed by atoms with Crippen molar-refractivity contribution in [3.8, 4) is 0 Å². The summed E-state index contributed by atoms with van der Waals surface area (Å²) in [6, 6.07) is 27.1. The molecule has 0 spiro atoms. The molecule has 0 aromatic heterocycles. The van der Waals surface area contributed by atoms with E-state index in [9.17, 15) is 14.4 Å². The lowest BCUT2D eigenvalue weighted by molar-refractivity contribution is -0.126. The molecule has 67 heavy (non-hydrogen) atoms. The van der Waals surface area contributed by atoms with E-state index in [0.29, 0.717) is 12.4 Å².